The zero-order chi connectivity index (χ0) is 22.7. The lowest BCUT2D eigenvalue weighted by Gasteiger charge is -2.61. The molecule has 0 spiro atoms. The molecule has 4 saturated carbocycles. The molecule has 9 nitrogen and oxygen atoms in total. The summed E-state index contributed by atoms with van der Waals surface area (Å²) >= 11 is 0. The monoisotopic (exact) mass is 452 g/mol. The maximum absolute atomic E-state index is 12.9. The van der Waals surface area contributed by atoms with Crippen molar-refractivity contribution in [2.24, 2.45) is 17.8 Å². The van der Waals surface area contributed by atoms with E-state index >= 15 is 0 Å². The van der Waals surface area contributed by atoms with Gasteiger partial charge in [-0.1, -0.05) is 0 Å². The third kappa shape index (κ3) is 3.76. The van der Waals surface area contributed by atoms with Crippen LogP contribution in [-0.2, 0) is 9.53 Å². The number of aromatic amines is 1. The molecule has 4 aliphatic carbocycles. The molecule has 0 aromatic carbocycles. The smallest absolute Gasteiger partial charge is 0.452 e. The Hall–Kier alpha value is -2.89. The minimum absolute atomic E-state index is 0.0331. The van der Waals surface area contributed by atoms with E-state index in [9.17, 15) is 23.1 Å². The molecule has 6 rings (SSSR count). The molecule has 172 valence electrons. The molecule has 4 N–H and O–H groups in total. The van der Waals surface area contributed by atoms with Crippen molar-refractivity contribution in [3.8, 4) is 0 Å². The number of carbonyl (C=O) groups excluding carboxylic acids is 1. The fourth-order valence-corrected chi connectivity index (χ4v) is 5.79. The van der Waals surface area contributed by atoms with Crippen molar-refractivity contribution in [1.29, 1.82) is 0 Å². The van der Waals surface area contributed by atoms with E-state index in [0.29, 0.717) is 30.3 Å². The Kier molecular flexibility index (Phi) is 4.80. The summed E-state index contributed by atoms with van der Waals surface area (Å²) in [5.74, 6) is -1.02. The molecule has 2 heterocycles. The number of ether oxygens (including phenoxy) is 1. The van der Waals surface area contributed by atoms with E-state index in [1.165, 1.54) is 12.4 Å². The minimum Gasteiger partial charge on any atom is -0.452 e. The Morgan fingerprint density at radius 1 is 1.25 bits per heavy atom. The highest BCUT2D eigenvalue weighted by atomic mass is 19.4. The van der Waals surface area contributed by atoms with Gasteiger partial charge in [0, 0.05) is 23.7 Å². The second-order valence-corrected chi connectivity index (χ2v) is 9.12. The number of halogens is 3. The number of carbonyl (C=O) groups is 1. The fraction of sp³-hybridized carbons (Fsp3) is 0.600. The largest absolute Gasteiger partial charge is 0.490 e. The van der Waals surface area contributed by atoms with E-state index in [2.05, 4.69) is 30.8 Å². The van der Waals surface area contributed by atoms with Crippen molar-refractivity contribution in [2.75, 3.05) is 10.6 Å². The lowest BCUT2D eigenvalue weighted by atomic mass is 9.51. The summed E-state index contributed by atoms with van der Waals surface area (Å²) in [5, 5.41) is 24.3. The van der Waals surface area contributed by atoms with Crippen LogP contribution in [0.1, 0.15) is 31.4 Å². The van der Waals surface area contributed by atoms with E-state index < -0.39 is 29.8 Å². The molecular formula is C20H23F3N6O3. The summed E-state index contributed by atoms with van der Waals surface area (Å²) in [4.78, 5) is 20.2. The number of H-pyrrole nitrogens is 1. The maximum atomic E-state index is 12.9. The van der Waals surface area contributed by atoms with Crippen LogP contribution in [0.3, 0.4) is 0 Å². The Morgan fingerprint density at radius 2 is 2.03 bits per heavy atom. The van der Waals surface area contributed by atoms with E-state index in [0.717, 1.165) is 12.1 Å². The Labute approximate surface area is 181 Å². The number of anilines is 3. The number of alkyl halides is 3. The molecular weight excluding hydrogens is 429 g/mol. The maximum Gasteiger partial charge on any atom is 0.490 e. The van der Waals surface area contributed by atoms with Gasteiger partial charge in [0.2, 0.25) is 0 Å². The number of aliphatic hydroxyl groups is 1. The fourth-order valence-electron chi connectivity index (χ4n) is 5.79. The number of rotatable bonds is 5. The normalized spacial score (nSPS) is 33.2. The first-order valence-electron chi connectivity index (χ1n) is 10.5. The third-order valence-corrected chi connectivity index (χ3v) is 6.76. The number of aryl methyl sites for hydroxylation is 1. The first kappa shape index (κ1) is 21.0. The minimum atomic E-state index is -5.11. The van der Waals surface area contributed by atoms with Crippen LogP contribution in [0.2, 0.25) is 0 Å². The number of esters is 1. The zero-order valence-electron chi connectivity index (χ0n) is 17.2. The number of hydrogen-bond donors (Lipinski definition) is 4. The van der Waals surface area contributed by atoms with Crippen LogP contribution >= 0.6 is 0 Å². The van der Waals surface area contributed by atoms with Gasteiger partial charge in [0.15, 0.2) is 11.6 Å². The van der Waals surface area contributed by atoms with Crippen LogP contribution in [0, 0.1) is 24.7 Å². The number of aromatic nitrogens is 4. The summed E-state index contributed by atoms with van der Waals surface area (Å²) in [7, 11) is 0. The summed E-state index contributed by atoms with van der Waals surface area (Å²) in [6, 6.07) is 1.51. The van der Waals surface area contributed by atoms with Gasteiger partial charge in [-0.25, -0.2) is 9.78 Å². The summed E-state index contributed by atoms with van der Waals surface area (Å²) in [6.07, 6.45) is -1.22. The molecule has 0 saturated heterocycles. The van der Waals surface area contributed by atoms with Crippen molar-refractivity contribution in [2.45, 2.75) is 56.5 Å². The van der Waals surface area contributed by atoms with E-state index in [1.54, 1.807) is 6.07 Å². The van der Waals surface area contributed by atoms with Gasteiger partial charge in [0.05, 0.1) is 12.4 Å². The molecule has 4 aliphatic rings. The van der Waals surface area contributed by atoms with Crippen molar-refractivity contribution in [1.82, 2.24) is 20.2 Å². The molecule has 0 radical (unpaired) electrons. The summed E-state index contributed by atoms with van der Waals surface area (Å²) in [5.41, 5.74) is -0.552. The zero-order valence-corrected chi connectivity index (χ0v) is 17.2. The molecule has 32 heavy (non-hydrogen) atoms. The second kappa shape index (κ2) is 7.32. The predicted molar refractivity (Wildman–Crippen MR) is 106 cm³/mol. The van der Waals surface area contributed by atoms with Crippen LogP contribution in [0.4, 0.5) is 30.6 Å². The van der Waals surface area contributed by atoms with E-state index in [4.69, 9.17) is 4.74 Å². The highest BCUT2D eigenvalue weighted by Crippen LogP contribution is 2.57. The molecule has 4 bridgehead atoms. The highest BCUT2D eigenvalue weighted by molar-refractivity contribution is 5.76. The van der Waals surface area contributed by atoms with Gasteiger partial charge < -0.3 is 20.5 Å². The van der Waals surface area contributed by atoms with Gasteiger partial charge in [0.1, 0.15) is 17.5 Å². The average Bonchev–Trinajstić information content (AvgIpc) is 3.11. The van der Waals surface area contributed by atoms with Gasteiger partial charge >= 0.3 is 12.1 Å². The van der Waals surface area contributed by atoms with Gasteiger partial charge in [0.25, 0.3) is 0 Å². The van der Waals surface area contributed by atoms with Gasteiger partial charge in [-0.05, 0) is 44.4 Å². The number of nitrogens with one attached hydrogen (secondary N) is 3. The number of hydrogen-bond acceptors (Lipinski definition) is 8. The SMILES string of the molecule is Cc1cc(Nc2cncc(NC3C4CC5CC3C(OC(=O)C(F)(F)F)C(O)(C5)C4)n2)n[nH]1. The Morgan fingerprint density at radius 3 is 2.75 bits per heavy atom. The van der Waals surface area contributed by atoms with Crippen molar-refractivity contribution in [3.05, 3.63) is 24.2 Å². The molecule has 12 heteroatoms. The molecule has 2 aromatic rings. The molecule has 0 aliphatic heterocycles. The van der Waals surface area contributed by atoms with Crippen molar-refractivity contribution < 1.29 is 27.8 Å². The number of nitrogens with zero attached hydrogens (tertiary/aromatic N) is 3. The van der Waals surface area contributed by atoms with Crippen molar-refractivity contribution >= 4 is 23.4 Å². The molecule has 6 atom stereocenters. The lowest BCUT2D eigenvalue weighted by molar-refractivity contribution is -0.249. The molecule has 0 amide bonds. The molecule has 6 unspecified atom stereocenters. The average molecular weight is 452 g/mol. The van der Waals surface area contributed by atoms with Crippen LogP contribution in [0.15, 0.2) is 18.5 Å². The first-order valence-corrected chi connectivity index (χ1v) is 10.5. The van der Waals surface area contributed by atoms with Gasteiger partial charge in [-0.15, -0.1) is 0 Å². The van der Waals surface area contributed by atoms with Crippen LogP contribution in [-0.4, -0.2) is 55.2 Å². The summed E-state index contributed by atoms with van der Waals surface area (Å²) in [6.45, 7) is 1.87. The molecule has 2 aromatic heterocycles. The first-order chi connectivity index (χ1) is 15.1. The molecule has 4 fully saturated rings. The second-order valence-electron chi connectivity index (χ2n) is 9.12. The Balaban J connectivity index is 1.36. The van der Waals surface area contributed by atoms with Crippen LogP contribution in [0.5, 0.6) is 0 Å². The van der Waals surface area contributed by atoms with E-state index in [-0.39, 0.29) is 24.3 Å². The summed E-state index contributed by atoms with van der Waals surface area (Å²) < 4.78 is 43.4. The predicted octanol–water partition coefficient (Wildman–Crippen LogP) is 2.69. The van der Waals surface area contributed by atoms with Crippen molar-refractivity contribution in [3.63, 3.8) is 0 Å². The van der Waals surface area contributed by atoms with Gasteiger partial charge in [-0.2, -0.15) is 18.3 Å². The topological polar surface area (TPSA) is 125 Å². The quantitative estimate of drug-likeness (QED) is 0.511. The van der Waals surface area contributed by atoms with Crippen LogP contribution < -0.4 is 10.6 Å². The lowest BCUT2D eigenvalue weighted by Crippen LogP contribution is -2.68. The van der Waals surface area contributed by atoms with Gasteiger partial charge in [-0.3, -0.25) is 10.1 Å². The highest BCUT2D eigenvalue weighted by Gasteiger charge is 2.63. The van der Waals surface area contributed by atoms with Crippen LogP contribution in [0.25, 0.3) is 0 Å². The third-order valence-electron chi connectivity index (χ3n) is 6.76. The standard InChI is InChI=1S/C20H23F3N6O3/c1-9-2-13(29-28-9)25-14-7-24-8-15(26-14)27-16-11-3-10-4-12(16)17(19(31,5-10)6-11)32-18(30)20(21,22)23/h2,7-8,10-12,16-17,31H,3-6H2,1H3,(H3,25,26,27,28,29). The Bertz CT molecular complexity index is 1030. The van der Waals surface area contributed by atoms with E-state index in [1.807, 2.05) is 6.92 Å².